The van der Waals surface area contributed by atoms with Gasteiger partial charge in [-0.15, -0.1) is 34.0 Å². The third-order valence-corrected chi connectivity index (χ3v) is 18.8. The fourth-order valence-electron chi connectivity index (χ4n) is 9.31. The number of nitrogens with zero attached hydrogens (tertiary/aromatic N) is 13. The smallest absolute Gasteiger partial charge is 0.357 e. The molecule has 3 heterocycles. The number of azide groups is 3. The van der Waals surface area contributed by atoms with Crippen LogP contribution < -0.4 is 0 Å². The summed E-state index contributed by atoms with van der Waals surface area (Å²) in [6.07, 6.45) is 4.42. The minimum atomic E-state index is -0.901. The van der Waals surface area contributed by atoms with Crippen molar-refractivity contribution in [2.75, 3.05) is 28.1 Å². The number of thiazole rings is 3. The van der Waals surface area contributed by atoms with Crippen molar-refractivity contribution in [1.29, 1.82) is 0 Å². The van der Waals surface area contributed by atoms with Crippen molar-refractivity contribution in [1.82, 2.24) is 19.9 Å². The SMILES string of the molecule is CCC(C)[C@H](N=[N+]=[N-])C(=O)C[C@H](C[C@@H](C)c1nc(C(=O)OC)cs1)C(C)C.CCC(C)[C@H](N=[N+]=[N-])C(=O)C[C@H](C[C@@H](O)c1nc(C(=O)OC)cs1)C(C)C.CCCC(=O)OCN(C(=O)C(N=[N+]=[N-])C(C)CC)[C@H](C[C@@H](C)c1nc(C(=O)OC)cs1)C(C)C. The Morgan fingerprint density at radius 2 is 0.909 bits per heavy atom. The summed E-state index contributed by atoms with van der Waals surface area (Å²) in [5, 5.41) is 28.6. The number of ether oxygens (including phenoxy) is 4. The molecule has 0 spiro atoms. The average molecular weight is 1290 g/mol. The van der Waals surface area contributed by atoms with E-state index in [9.17, 15) is 38.7 Å². The Morgan fingerprint density at radius 1 is 0.545 bits per heavy atom. The first kappa shape index (κ1) is 79.5. The van der Waals surface area contributed by atoms with E-state index in [-0.39, 0.29) is 114 Å². The summed E-state index contributed by atoms with van der Waals surface area (Å²) in [7, 11) is 3.92. The minimum absolute atomic E-state index is 0.00226. The molecular formula is C60H95N13O12S3. The molecule has 0 aliphatic carbocycles. The van der Waals surface area contributed by atoms with Crippen LogP contribution >= 0.6 is 34.0 Å². The van der Waals surface area contributed by atoms with Gasteiger partial charge in [0.25, 0.3) is 0 Å². The zero-order valence-corrected chi connectivity index (χ0v) is 57.1. The molecule has 88 heavy (non-hydrogen) atoms. The van der Waals surface area contributed by atoms with Crippen LogP contribution in [-0.2, 0) is 38.1 Å². The monoisotopic (exact) mass is 1290 g/mol. The molecule has 4 unspecified atom stereocenters. The van der Waals surface area contributed by atoms with Crippen LogP contribution in [0.25, 0.3) is 31.3 Å². The molecule has 0 saturated heterocycles. The highest BCUT2D eigenvalue weighted by molar-refractivity contribution is 7.10. The molecule has 1 amide bonds. The highest BCUT2D eigenvalue weighted by Gasteiger charge is 2.36. The van der Waals surface area contributed by atoms with Crippen molar-refractivity contribution >= 4 is 75.4 Å². The van der Waals surface area contributed by atoms with Gasteiger partial charge in [-0.25, -0.2) is 29.3 Å². The summed E-state index contributed by atoms with van der Waals surface area (Å²) in [4.78, 5) is 109. The average Bonchev–Trinajstić information content (AvgIpc) is 2.04. The van der Waals surface area contributed by atoms with Crippen LogP contribution in [-0.4, -0.2) is 119 Å². The number of hydrogen-bond donors (Lipinski definition) is 1. The number of Topliss-reactive ketones (excluding diaryl/α,β-unsaturated/α-hetero) is 2. The molecule has 0 radical (unpaired) electrons. The highest BCUT2D eigenvalue weighted by atomic mass is 32.1. The maximum atomic E-state index is 13.6. The molecule has 490 valence electrons. The van der Waals surface area contributed by atoms with Gasteiger partial charge in [0, 0.05) is 68.0 Å². The summed E-state index contributed by atoms with van der Waals surface area (Å²) in [5.74, 6) is -1.98. The van der Waals surface area contributed by atoms with Gasteiger partial charge < -0.3 is 29.0 Å². The van der Waals surface area contributed by atoms with E-state index in [0.717, 1.165) is 29.3 Å². The van der Waals surface area contributed by atoms with Crippen molar-refractivity contribution in [3.8, 4) is 0 Å². The normalized spacial score (nSPS) is 15.1. The lowest BCUT2D eigenvalue weighted by Crippen LogP contribution is -2.50. The van der Waals surface area contributed by atoms with Crippen LogP contribution in [0.2, 0.25) is 0 Å². The molecule has 12 atom stereocenters. The topological polar surface area (TPSA) is 365 Å². The second-order valence-electron chi connectivity index (χ2n) is 23.2. The zero-order valence-electron chi connectivity index (χ0n) is 54.6. The first-order valence-corrected chi connectivity index (χ1v) is 32.7. The van der Waals surface area contributed by atoms with Crippen LogP contribution in [0.5, 0.6) is 0 Å². The molecule has 28 heteroatoms. The van der Waals surface area contributed by atoms with Crippen LogP contribution in [0.3, 0.4) is 0 Å². The fourth-order valence-corrected chi connectivity index (χ4v) is 11.8. The molecule has 0 aliphatic heterocycles. The van der Waals surface area contributed by atoms with Crippen molar-refractivity contribution in [2.45, 2.75) is 210 Å². The number of ketones is 2. The van der Waals surface area contributed by atoms with Gasteiger partial charge in [-0.2, -0.15) is 0 Å². The van der Waals surface area contributed by atoms with Crippen LogP contribution in [0.1, 0.15) is 232 Å². The third-order valence-electron chi connectivity index (χ3n) is 15.7. The fraction of sp³-hybridized carbons (Fsp3) is 0.733. The second-order valence-corrected chi connectivity index (χ2v) is 25.9. The van der Waals surface area contributed by atoms with Gasteiger partial charge in [0.05, 0.1) is 43.4 Å². The first-order chi connectivity index (χ1) is 41.6. The molecule has 3 aromatic heterocycles. The summed E-state index contributed by atoms with van der Waals surface area (Å²) < 4.78 is 19.5. The third kappa shape index (κ3) is 25.9. The second kappa shape index (κ2) is 41.6. The Labute approximate surface area is 530 Å². The van der Waals surface area contributed by atoms with Crippen molar-refractivity contribution < 1.29 is 57.6 Å². The number of esters is 4. The van der Waals surface area contributed by atoms with E-state index in [1.165, 1.54) is 60.2 Å². The Balaban J connectivity index is 0.000000667. The summed E-state index contributed by atoms with van der Waals surface area (Å²) in [6.45, 7) is 29.4. The van der Waals surface area contributed by atoms with Crippen LogP contribution in [0.4, 0.5) is 0 Å². The maximum Gasteiger partial charge on any atom is 0.357 e. The molecule has 3 rings (SSSR count). The number of rotatable bonds is 36. The molecule has 0 bridgehead atoms. The zero-order chi connectivity index (χ0) is 67.0. The molecule has 0 fully saturated rings. The van der Waals surface area contributed by atoms with Crippen molar-refractivity contribution in [3.05, 3.63) is 79.6 Å². The van der Waals surface area contributed by atoms with Gasteiger partial charge in [-0.3, -0.25) is 19.2 Å². The Bertz CT molecular complexity index is 2710. The molecule has 1 N–H and O–H groups in total. The van der Waals surface area contributed by atoms with Gasteiger partial charge in [-0.05, 0) is 89.6 Å². The number of aliphatic hydroxyl groups is 1. The molecule has 0 aliphatic rings. The molecule has 3 aromatic rings. The summed E-state index contributed by atoms with van der Waals surface area (Å²) >= 11 is 3.97. The number of aliphatic hydroxyl groups excluding tert-OH is 1. The maximum absolute atomic E-state index is 13.6. The number of carbonyl (C=O) groups is 7. The van der Waals surface area contributed by atoms with Gasteiger partial charge in [0.1, 0.15) is 28.7 Å². The standard InChI is InChI=1S/C23H37N5O5S.C19H30N4O3S.C18H28N4O4S/c1-8-10-19(29)33-13-28(22(30)20(26-27-24)15(5)9-2)18(14(3)4)11-16(6)21-25-17(12-34-21)23(31)32-7;1-7-12(4)17(22-23-20)16(24)9-14(11(2)3)8-13(5)18-21-15(10-27-18)19(25)26-6;1-6-11(4)16(21-22-19)14(23)7-12(10(2)3)8-15(24)17-20-13(9-27-17)18(25)26-5/h12,14-16,18,20H,8-11,13H2,1-7H3;10-14,17H,7-9H2,1-6H3;9-12,15-16,24H,6-8H2,1-5H3/t15?,16-,18-,20?;12?,13-,14+,17+;11?,12-,15-,16+/m111/s1. The largest absolute Gasteiger partial charge is 0.464 e. The quantitative estimate of drug-likeness (QED) is 0.0141. The van der Waals surface area contributed by atoms with E-state index >= 15 is 0 Å². The number of methoxy groups -OCH3 is 3. The number of aromatic nitrogens is 3. The Morgan fingerprint density at radius 3 is 1.27 bits per heavy atom. The lowest BCUT2D eigenvalue weighted by Gasteiger charge is -2.37. The Hall–Kier alpha value is -6.53. The first-order valence-electron chi connectivity index (χ1n) is 30.0. The number of hydrogen-bond acceptors (Lipinski definition) is 21. The number of amides is 1. The van der Waals surface area contributed by atoms with E-state index in [2.05, 4.69) is 70.5 Å². The molecule has 0 aromatic carbocycles. The van der Waals surface area contributed by atoms with Crippen LogP contribution in [0.15, 0.2) is 31.5 Å². The van der Waals surface area contributed by atoms with E-state index in [0.29, 0.717) is 48.7 Å². The molecule has 0 saturated carbocycles. The highest BCUT2D eigenvalue weighted by Crippen LogP contribution is 2.35. The lowest BCUT2D eigenvalue weighted by molar-refractivity contribution is -0.157. The summed E-state index contributed by atoms with van der Waals surface area (Å²) in [5.41, 5.74) is 27.3. The molecule has 25 nitrogen and oxygen atoms in total. The van der Waals surface area contributed by atoms with E-state index in [1.807, 2.05) is 83.1 Å². The van der Waals surface area contributed by atoms with Gasteiger partial charge >= 0.3 is 23.9 Å². The predicted octanol–water partition coefficient (Wildman–Crippen LogP) is 15.0. The van der Waals surface area contributed by atoms with Crippen molar-refractivity contribution in [3.63, 3.8) is 0 Å². The van der Waals surface area contributed by atoms with Crippen molar-refractivity contribution in [2.24, 2.45) is 62.7 Å². The minimum Gasteiger partial charge on any atom is -0.464 e. The number of carbonyl (C=O) groups excluding carboxylic acids is 7. The summed E-state index contributed by atoms with van der Waals surface area (Å²) in [6, 6.07) is -2.52. The van der Waals surface area contributed by atoms with E-state index in [4.69, 9.17) is 30.8 Å². The lowest BCUT2D eigenvalue weighted by atomic mass is 9.81. The van der Waals surface area contributed by atoms with Gasteiger partial charge in [-0.1, -0.05) is 138 Å². The van der Waals surface area contributed by atoms with E-state index < -0.39 is 42.1 Å². The van der Waals surface area contributed by atoms with Gasteiger partial charge in [0.15, 0.2) is 23.8 Å². The van der Waals surface area contributed by atoms with E-state index in [1.54, 1.807) is 16.1 Å². The molecular weight excluding hydrogens is 1190 g/mol. The predicted molar refractivity (Wildman–Crippen MR) is 340 cm³/mol. The Kier molecular flexibility index (Phi) is 37.6. The van der Waals surface area contributed by atoms with Crippen LogP contribution in [0, 0.1) is 47.3 Å². The van der Waals surface area contributed by atoms with Gasteiger partial charge in [0.2, 0.25) is 5.91 Å².